The minimum absolute atomic E-state index is 0.0492. The molecule has 14 heteroatoms. The van der Waals surface area contributed by atoms with Crippen LogP contribution in [-0.4, -0.2) is 56.4 Å². The molecule has 0 fully saturated rings. The zero-order valence-corrected chi connectivity index (χ0v) is 15.4. The van der Waals surface area contributed by atoms with E-state index in [1.807, 2.05) is 5.32 Å². The molecule has 1 aromatic carbocycles. The topological polar surface area (TPSA) is 103 Å². The average Bonchev–Trinajstić information content (AvgIpc) is 2.63. The van der Waals surface area contributed by atoms with Crippen molar-refractivity contribution in [2.24, 2.45) is 0 Å². The molecule has 8 nitrogen and oxygen atoms in total. The monoisotopic (exact) mass is 446 g/mol. The Labute approximate surface area is 165 Å². The Morgan fingerprint density at radius 2 is 1.57 bits per heavy atom. The summed E-state index contributed by atoms with van der Waals surface area (Å²) >= 11 is 0. The lowest BCUT2D eigenvalue weighted by Crippen LogP contribution is -2.67. The van der Waals surface area contributed by atoms with Crippen LogP contribution in [0.25, 0.3) is 0 Å². The van der Waals surface area contributed by atoms with Crippen molar-refractivity contribution < 1.29 is 54.9 Å². The Hall–Kier alpha value is -3.03. The second-order valence-electron chi connectivity index (χ2n) is 5.45. The van der Waals surface area contributed by atoms with E-state index in [0.29, 0.717) is 0 Å². The molecule has 0 bridgehead atoms. The second kappa shape index (κ2) is 9.65. The van der Waals surface area contributed by atoms with Gasteiger partial charge in [-0.3, -0.25) is 5.32 Å². The molecular formula is C16H16F6N2O6. The van der Waals surface area contributed by atoms with Gasteiger partial charge in [-0.15, -0.1) is 0 Å². The van der Waals surface area contributed by atoms with Crippen LogP contribution in [0.3, 0.4) is 0 Å². The summed E-state index contributed by atoms with van der Waals surface area (Å²) in [6.07, 6.45) is -11.1. The molecule has 2 amide bonds. The van der Waals surface area contributed by atoms with Crippen LogP contribution in [0.15, 0.2) is 24.3 Å². The molecule has 1 aromatic rings. The van der Waals surface area contributed by atoms with Gasteiger partial charge in [0, 0.05) is 5.69 Å². The highest BCUT2D eigenvalue weighted by Gasteiger charge is 2.66. The highest BCUT2D eigenvalue weighted by Crippen LogP contribution is 2.34. The van der Waals surface area contributed by atoms with Crippen LogP contribution in [0.5, 0.6) is 0 Å². The maximum absolute atomic E-state index is 13.5. The number of carbonyl (C=O) groups excluding carboxylic acids is 3. The van der Waals surface area contributed by atoms with Gasteiger partial charge in [-0.2, -0.15) is 26.3 Å². The van der Waals surface area contributed by atoms with Crippen molar-refractivity contribution in [2.45, 2.75) is 25.0 Å². The lowest BCUT2D eigenvalue weighted by molar-refractivity contribution is -0.305. The maximum Gasteiger partial charge on any atom is 0.448 e. The Balaban J connectivity index is 3.13. The van der Waals surface area contributed by atoms with E-state index in [1.165, 1.54) is 0 Å². The van der Waals surface area contributed by atoms with Crippen LogP contribution in [0.1, 0.15) is 17.3 Å². The summed E-state index contributed by atoms with van der Waals surface area (Å²) in [5.74, 6) is -3.03. The molecule has 1 rings (SSSR count). The van der Waals surface area contributed by atoms with Crippen molar-refractivity contribution >= 4 is 23.7 Å². The number of anilines is 1. The van der Waals surface area contributed by atoms with E-state index < -0.39 is 49.3 Å². The number of urea groups is 1. The van der Waals surface area contributed by atoms with Gasteiger partial charge in [-0.1, -0.05) is 0 Å². The molecule has 0 aromatic heterocycles. The van der Waals surface area contributed by atoms with Gasteiger partial charge >= 0.3 is 36.0 Å². The SMILES string of the molecule is CCOC(=O)C(NC(=O)Nc1ccc(C(=O)OC)cc1)(OCC(F)(F)F)C(F)(F)F. The number of hydrogen-bond acceptors (Lipinski definition) is 6. The zero-order valence-electron chi connectivity index (χ0n) is 15.4. The lowest BCUT2D eigenvalue weighted by atomic mass is 10.2. The number of amides is 2. The summed E-state index contributed by atoms with van der Waals surface area (Å²) in [5.41, 5.74) is -4.53. The standard InChI is InChI=1S/C16H16F6N2O6/c1-3-29-12(26)15(16(20,21)22,30-8-14(17,18)19)24-13(27)23-10-6-4-9(5-7-10)11(25)28-2/h4-7H,3,8H2,1-2H3,(H2,23,24,27). The van der Waals surface area contributed by atoms with Crippen molar-refractivity contribution in [2.75, 3.05) is 25.6 Å². The van der Waals surface area contributed by atoms with Crippen LogP contribution < -0.4 is 10.6 Å². The van der Waals surface area contributed by atoms with Crippen molar-refractivity contribution in [1.82, 2.24) is 5.32 Å². The van der Waals surface area contributed by atoms with Gasteiger partial charge in [-0.05, 0) is 31.2 Å². The predicted octanol–water partition coefficient (Wildman–Crippen LogP) is 3.00. The molecule has 0 saturated carbocycles. The fourth-order valence-electron chi connectivity index (χ4n) is 1.97. The number of benzene rings is 1. The van der Waals surface area contributed by atoms with Crippen LogP contribution in [-0.2, 0) is 19.0 Å². The van der Waals surface area contributed by atoms with Crippen molar-refractivity contribution in [1.29, 1.82) is 0 Å². The summed E-state index contributed by atoms with van der Waals surface area (Å²) < 4.78 is 90.2. The van der Waals surface area contributed by atoms with Crippen molar-refractivity contribution in [3.63, 3.8) is 0 Å². The largest absolute Gasteiger partial charge is 0.465 e. The maximum atomic E-state index is 13.5. The molecule has 0 aliphatic carbocycles. The molecule has 1 unspecified atom stereocenters. The van der Waals surface area contributed by atoms with Gasteiger partial charge in [0.05, 0.1) is 19.3 Å². The number of hydrogen-bond donors (Lipinski definition) is 2. The van der Waals surface area contributed by atoms with Crippen LogP contribution >= 0.6 is 0 Å². The Morgan fingerprint density at radius 3 is 2.00 bits per heavy atom. The van der Waals surface area contributed by atoms with E-state index in [2.05, 4.69) is 14.2 Å². The number of nitrogens with one attached hydrogen (secondary N) is 2. The highest BCUT2D eigenvalue weighted by atomic mass is 19.4. The van der Waals surface area contributed by atoms with Crippen LogP contribution in [0.2, 0.25) is 0 Å². The molecule has 30 heavy (non-hydrogen) atoms. The molecular weight excluding hydrogens is 430 g/mol. The summed E-state index contributed by atoms with van der Waals surface area (Å²) in [7, 11) is 1.11. The third kappa shape index (κ3) is 6.50. The minimum atomic E-state index is -5.81. The molecule has 1 atom stereocenters. The first-order chi connectivity index (χ1) is 13.8. The van der Waals surface area contributed by atoms with Gasteiger partial charge in [0.25, 0.3) is 0 Å². The molecule has 0 aliphatic heterocycles. The number of methoxy groups -OCH3 is 1. The quantitative estimate of drug-likeness (QED) is 0.379. The van der Waals surface area contributed by atoms with Crippen molar-refractivity contribution in [3.05, 3.63) is 29.8 Å². The fraction of sp³-hybridized carbons (Fsp3) is 0.438. The molecule has 168 valence electrons. The Bertz CT molecular complexity index is 765. The number of ether oxygens (including phenoxy) is 3. The highest BCUT2D eigenvalue weighted by molar-refractivity contribution is 5.95. The van der Waals surface area contributed by atoms with Crippen LogP contribution in [0, 0.1) is 0 Å². The van der Waals surface area contributed by atoms with Crippen LogP contribution in [0.4, 0.5) is 36.8 Å². The fourth-order valence-corrected chi connectivity index (χ4v) is 1.97. The molecule has 0 saturated heterocycles. The molecule has 0 aliphatic rings. The number of alkyl halides is 6. The molecule has 0 spiro atoms. The first-order valence-electron chi connectivity index (χ1n) is 7.98. The Morgan fingerprint density at radius 1 is 1.00 bits per heavy atom. The van der Waals surface area contributed by atoms with E-state index >= 15 is 0 Å². The Kier molecular flexibility index (Phi) is 8.04. The normalized spacial score (nSPS) is 13.7. The number of rotatable bonds is 7. The smallest absolute Gasteiger partial charge is 0.448 e. The van der Waals surface area contributed by atoms with Gasteiger partial charge in [0.2, 0.25) is 0 Å². The molecule has 0 radical (unpaired) electrons. The second-order valence-corrected chi connectivity index (χ2v) is 5.45. The summed E-state index contributed by atoms with van der Waals surface area (Å²) in [6, 6.07) is 2.78. The van der Waals surface area contributed by atoms with Gasteiger partial charge < -0.3 is 19.5 Å². The van der Waals surface area contributed by atoms with E-state index in [9.17, 15) is 40.7 Å². The summed E-state index contributed by atoms with van der Waals surface area (Å²) in [6.45, 7) is -2.03. The first-order valence-corrected chi connectivity index (χ1v) is 7.98. The number of halogens is 6. The van der Waals surface area contributed by atoms with E-state index in [4.69, 9.17) is 0 Å². The third-order valence-corrected chi connectivity index (χ3v) is 3.27. The minimum Gasteiger partial charge on any atom is -0.465 e. The van der Waals surface area contributed by atoms with E-state index in [1.54, 1.807) is 0 Å². The zero-order chi connectivity index (χ0) is 23.2. The third-order valence-electron chi connectivity index (χ3n) is 3.27. The van der Waals surface area contributed by atoms with Gasteiger partial charge in [-0.25, -0.2) is 14.4 Å². The number of carbonyl (C=O) groups is 3. The molecule has 0 heterocycles. The summed E-state index contributed by atoms with van der Waals surface area (Å²) in [5, 5.41) is 2.94. The van der Waals surface area contributed by atoms with Gasteiger partial charge in [0.1, 0.15) is 6.61 Å². The number of esters is 2. The van der Waals surface area contributed by atoms with E-state index in [0.717, 1.165) is 43.6 Å². The first kappa shape index (κ1) is 25.0. The predicted molar refractivity (Wildman–Crippen MR) is 87.4 cm³/mol. The van der Waals surface area contributed by atoms with E-state index in [-0.39, 0.29) is 11.3 Å². The summed E-state index contributed by atoms with van der Waals surface area (Å²) in [4.78, 5) is 35.2. The average molecular weight is 446 g/mol. The van der Waals surface area contributed by atoms with Gasteiger partial charge in [0.15, 0.2) is 0 Å². The lowest BCUT2D eigenvalue weighted by Gasteiger charge is -2.33. The van der Waals surface area contributed by atoms with Crippen molar-refractivity contribution in [3.8, 4) is 0 Å². The molecule has 2 N–H and O–H groups in total.